The van der Waals surface area contributed by atoms with Crippen LogP contribution in [-0.4, -0.2) is 73.4 Å². The Bertz CT molecular complexity index is 1750. The van der Waals surface area contributed by atoms with Crippen LogP contribution in [-0.2, 0) is 18.4 Å². The van der Waals surface area contributed by atoms with Crippen molar-refractivity contribution < 1.29 is 32.9 Å². The molecule has 0 aliphatic carbocycles. The molecule has 0 aliphatic heterocycles. The van der Waals surface area contributed by atoms with Gasteiger partial charge in [-0.3, -0.25) is 13.8 Å². The molecule has 9 heteroatoms. The number of likely N-dealkylation sites (N-methyl/N-ethyl adjacent to an activating group) is 1. The number of rotatable bonds is 72. The summed E-state index contributed by atoms with van der Waals surface area (Å²) in [6.45, 7) is 4.82. The normalized spacial score (nSPS) is 14.0. The number of aliphatic hydroxyl groups excluding tert-OH is 1. The number of hydrogen-bond donors (Lipinski definition) is 3. The van der Waals surface area contributed by atoms with Gasteiger partial charge in [0.1, 0.15) is 13.2 Å². The third-order valence-corrected chi connectivity index (χ3v) is 18.6. The molecule has 0 heterocycles. The number of unbranched alkanes of at least 4 members (excludes halogenated alkanes) is 45. The van der Waals surface area contributed by atoms with E-state index in [-0.39, 0.29) is 19.1 Å². The lowest BCUT2D eigenvalue weighted by molar-refractivity contribution is -0.870. The highest BCUT2D eigenvalue weighted by molar-refractivity contribution is 7.47. The topological polar surface area (TPSA) is 105 Å². The summed E-state index contributed by atoms with van der Waals surface area (Å²) in [5.41, 5.74) is 0. The van der Waals surface area contributed by atoms with Gasteiger partial charge in [0.15, 0.2) is 0 Å². The SMILES string of the molecule is CC/C=C\C/C=C\C/C=C\C/C=C\C/C=C\C/C=C\C/C=C\CCCCCCCCCCCCCCCCCCCC(=O)NC(COP(=O)(O)OCC[N+](C)(C)C)C(O)CCCCCCCCCCCCCCCCCCCCCCCCCCCCCCC. The summed E-state index contributed by atoms with van der Waals surface area (Å²) in [4.78, 5) is 23.5. The molecule has 0 aliphatic rings. The maximum absolute atomic E-state index is 13.1. The number of hydrogen-bond acceptors (Lipinski definition) is 5. The van der Waals surface area contributed by atoms with E-state index in [1.165, 1.54) is 263 Å². The molecule has 90 heavy (non-hydrogen) atoms. The van der Waals surface area contributed by atoms with E-state index in [4.69, 9.17) is 9.05 Å². The van der Waals surface area contributed by atoms with Crippen LogP contribution < -0.4 is 5.32 Å². The highest BCUT2D eigenvalue weighted by atomic mass is 31.2. The van der Waals surface area contributed by atoms with Crippen LogP contribution >= 0.6 is 7.82 Å². The van der Waals surface area contributed by atoms with Gasteiger partial charge in [0.2, 0.25) is 5.91 Å². The Hall–Kier alpha value is -2.32. The lowest BCUT2D eigenvalue weighted by Gasteiger charge is -2.26. The van der Waals surface area contributed by atoms with Gasteiger partial charge in [0, 0.05) is 6.42 Å². The second-order valence-electron chi connectivity index (χ2n) is 27.7. The number of carbonyl (C=O) groups excluding carboxylic acids is 1. The minimum Gasteiger partial charge on any atom is -0.391 e. The molecule has 0 fully saturated rings. The Morgan fingerprint density at radius 2 is 0.667 bits per heavy atom. The molecule has 0 aromatic rings. The van der Waals surface area contributed by atoms with Crippen molar-refractivity contribution in [2.75, 3.05) is 40.9 Å². The molecule has 0 aromatic heterocycles. The van der Waals surface area contributed by atoms with Crippen molar-refractivity contribution >= 4 is 13.7 Å². The molecule has 3 unspecified atom stereocenters. The molecule has 0 rings (SSSR count). The first-order valence-electron chi connectivity index (χ1n) is 39.0. The van der Waals surface area contributed by atoms with E-state index in [1.807, 2.05) is 21.1 Å². The van der Waals surface area contributed by atoms with Gasteiger partial charge in [0.05, 0.1) is 39.9 Å². The lowest BCUT2D eigenvalue weighted by atomic mass is 10.0. The van der Waals surface area contributed by atoms with Crippen LogP contribution in [0.2, 0.25) is 0 Å². The quantitative estimate of drug-likeness (QED) is 0.0243. The fraction of sp³-hybridized carbons (Fsp3) is 0.815. The molecule has 8 nitrogen and oxygen atoms in total. The van der Waals surface area contributed by atoms with Gasteiger partial charge < -0.3 is 19.8 Å². The van der Waals surface area contributed by atoms with Crippen molar-refractivity contribution in [3.05, 3.63) is 85.1 Å². The smallest absolute Gasteiger partial charge is 0.391 e. The predicted molar refractivity (Wildman–Crippen MR) is 396 cm³/mol. The minimum atomic E-state index is -4.34. The number of nitrogens with one attached hydrogen (secondary N) is 1. The van der Waals surface area contributed by atoms with Crippen molar-refractivity contribution in [2.45, 2.75) is 386 Å². The molecular weight excluding hydrogens is 1130 g/mol. The Kier molecular flexibility index (Phi) is 69.2. The van der Waals surface area contributed by atoms with Crippen molar-refractivity contribution in [3.8, 4) is 0 Å². The van der Waals surface area contributed by atoms with Gasteiger partial charge in [-0.05, 0) is 70.6 Å². The van der Waals surface area contributed by atoms with Gasteiger partial charge in [-0.2, -0.15) is 0 Å². The van der Waals surface area contributed by atoms with Crippen molar-refractivity contribution in [2.24, 2.45) is 0 Å². The summed E-state index contributed by atoms with van der Waals surface area (Å²) < 4.78 is 24.0. The number of carbonyl (C=O) groups is 1. The van der Waals surface area contributed by atoms with E-state index < -0.39 is 20.0 Å². The Labute approximate surface area is 560 Å². The van der Waals surface area contributed by atoms with E-state index in [2.05, 4.69) is 104 Å². The fourth-order valence-corrected chi connectivity index (χ4v) is 12.4. The zero-order valence-electron chi connectivity index (χ0n) is 60.4. The monoisotopic (exact) mass is 1280 g/mol. The van der Waals surface area contributed by atoms with Crippen LogP contribution in [0.25, 0.3) is 0 Å². The third kappa shape index (κ3) is 73.1. The fourth-order valence-electron chi connectivity index (χ4n) is 11.7. The van der Waals surface area contributed by atoms with Crippen LogP contribution in [0.4, 0.5) is 0 Å². The second kappa shape index (κ2) is 71.0. The second-order valence-corrected chi connectivity index (χ2v) is 29.2. The first-order valence-corrected chi connectivity index (χ1v) is 40.4. The van der Waals surface area contributed by atoms with Crippen molar-refractivity contribution in [3.63, 3.8) is 0 Å². The van der Waals surface area contributed by atoms with Crippen LogP contribution in [0, 0.1) is 0 Å². The van der Waals surface area contributed by atoms with Crippen LogP contribution in [0.5, 0.6) is 0 Å². The standard InChI is InChI=1S/C81H151N2O6P/c1-6-8-10-12-14-16-18-20-22-24-26-28-30-32-34-36-37-38-39-40-41-42-43-44-45-47-49-51-53-55-57-59-61-63-65-67-69-71-73-75-81(85)82-79(78-89-90(86,87)88-77-76-83(3,4)5)80(84)74-72-70-68-66-64-62-60-58-56-54-52-50-48-46-35-33-31-29-27-25-23-21-19-17-15-13-11-9-7-2/h8,10,14,16,20,22,26,28,32,34,37-38,40-41,79-80,84H,6-7,9,11-13,15,17-19,21,23-25,27,29-31,33,35-36,39,42-78H2,1-5H3,(H-,82,85,86,87)/p+1/b10-8-,16-14-,22-20-,28-26-,34-32-,38-37-,41-40-. The first kappa shape index (κ1) is 87.7. The van der Waals surface area contributed by atoms with E-state index in [1.54, 1.807) is 0 Å². The number of phosphoric ester groups is 1. The van der Waals surface area contributed by atoms with Gasteiger partial charge >= 0.3 is 7.82 Å². The molecule has 0 spiro atoms. The van der Waals surface area contributed by atoms with Crippen LogP contribution in [0.1, 0.15) is 373 Å². The molecule has 3 N–H and O–H groups in total. The summed E-state index contributed by atoms with van der Waals surface area (Å²) in [6.07, 6.45) is 101. The zero-order chi connectivity index (χ0) is 65.5. The Morgan fingerprint density at radius 1 is 0.389 bits per heavy atom. The maximum atomic E-state index is 13.1. The van der Waals surface area contributed by atoms with E-state index in [0.717, 1.165) is 83.5 Å². The van der Waals surface area contributed by atoms with Crippen LogP contribution in [0.3, 0.4) is 0 Å². The summed E-state index contributed by atoms with van der Waals surface area (Å²) in [6, 6.07) is -0.765. The predicted octanol–water partition coefficient (Wildman–Crippen LogP) is 25.5. The van der Waals surface area contributed by atoms with Crippen molar-refractivity contribution in [1.82, 2.24) is 5.32 Å². The van der Waals surface area contributed by atoms with E-state index >= 15 is 0 Å². The van der Waals surface area contributed by atoms with Gasteiger partial charge in [-0.15, -0.1) is 0 Å². The zero-order valence-corrected chi connectivity index (χ0v) is 61.3. The minimum absolute atomic E-state index is 0.0743. The number of phosphoric acid groups is 1. The number of quaternary nitrogens is 1. The molecular formula is C81H152N2O6P+. The van der Waals surface area contributed by atoms with Gasteiger partial charge in [0.25, 0.3) is 0 Å². The average Bonchev–Trinajstić information content (AvgIpc) is 3.72. The summed E-state index contributed by atoms with van der Waals surface area (Å²) in [7, 11) is 1.63. The average molecular weight is 1280 g/mol. The molecule has 0 bridgehead atoms. The molecule has 1 amide bonds. The Morgan fingerprint density at radius 3 is 0.978 bits per heavy atom. The molecule has 0 radical (unpaired) electrons. The van der Waals surface area contributed by atoms with E-state index in [0.29, 0.717) is 23.9 Å². The third-order valence-electron chi connectivity index (χ3n) is 17.7. The van der Waals surface area contributed by atoms with E-state index in [9.17, 15) is 19.4 Å². The number of allylic oxidation sites excluding steroid dienone is 14. The number of aliphatic hydroxyl groups is 1. The van der Waals surface area contributed by atoms with Crippen LogP contribution in [0.15, 0.2) is 85.1 Å². The number of amides is 1. The van der Waals surface area contributed by atoms with Crippen molar-refractivity contribution in [1.29, 1.82) is 0 Å². The molecule has 3 atom stereocenters. The molecule has 0 saturated carbocycles. The maximum Gasteiger partial charge on any atom is 0.472 e. The van der Waals surface area contributed by atoms with Gasteiger partial charge in [-0.1, -0.05) is 381 Å². The summed E-state index contributed by atoms with van der Waals surface area (Å²) >= 11 is 0. The highest BCUT2D eigenvalue weighted by Crippen LogP contribution is 2.43. The summed E-state index contributed by atoms with van der Waals surface area (Å²) in [5.74, 6) is -0.140. The highest BCUT2D eigenvalue weighted by Gasteiger charge is 2.28. The lowest BCUT2D eigenvalue weighted by Crippen LogP contribution is -2.46. The first-order chi connectivity index (χ1) is 44.0. The Balaban J connectivity index is 3.97. The molecule has 526 valence electrons. The van der Waals surface area contributed by atoms with Gasteiger partial charge in [-0.25, -0.2) is 4.57 Å². The molecule has 0 aromatic carbocycles. The summed E-state index contributed by atoms with van der Waals surface area (Å²) in [5, 5.41) is 14.2. The molecule has 0 saturated heterocycles. The number of nitrogens with zero attached hydrogens (tertiary/aromatic N) is 1. The largest absolute Gasteiger partial charge is 0.472 e.